The van der Waals surface area contributed by atoms with Crippen LogP contribution >= 0.6 is 0 Å². The molecule has 0 fully saturated rings. The van der Waals surface area contributed by atoms with E-state index in [0.717, 1.165) is 12.6 Å². The van der Waals surface area contributed by atoms with Crippen molar-refractivity contribution < 1.29 is 13.0 Å². The Morgan fingerprint density at radius 1 is 1.41 bits per heavy atom. The maximum atomic E-state index is 13.3. The van der Waals surface area contributed by atoms with Gasteiger partial charge in [-0.2, -0.15) is 0 Å². The summed E-state index contributed by atoms with van der Waals surface area (Å²) >= 11 is 0. The summed E-state index contributed by atoms with van der Waals surface area (Å²) in [6.07, 6.45) is 0. The van der Waals surface area contributed by atoms with Gasteiger partial charge in [-0.25, -0.2) is 8.78 Å². The number of rotatable bonds is 2. The Morgan fingerprint density at radius 2 is 2.06 bits per heavy atom. The van der Waals surface area contributed by atoms with E-state index in [-0.39, 0.29) is 12.0 Å². The van der Waals surface area contributed by atoms with Gasteiger partial charge in [-0.1, -0.05) is 13.8 Å². The summed E-state index contributed by atoms with van der Waals surface area (Å²) in [4.78, 5) is 0.424. The van der Waals surface area contributed by atoms with Gasteiger partial charge in [0.1, 0.15) is 0 Å². The smallest absolute Gasteiger partial charge is 0.160 e. The van der Waals surface area contributed by atoms with E-state index in [0.29, 0.717) is 16.2 Å². The van der Waals surface area contributed by atoms with Crippen molar-refractivity contribution in [1.29, 1.82) is 0 Å². The minimum atomic E-state index is -1.23. The highest BCUT2D eigenvalue weighted by Gasteiger charge is 2.31. The van der Waals surface area contributed by atoms with E-state index in [2.05, 4.69) is 5.32 Å². The summed E-state index contributed by atoms with van der Waals surface area (Å²) in [5, 5.41) is 3.23. The second-order valence-electron chi connectivity index (χ2n) is 4.33. The lowest BCUT2D eigenvalue weighted by atomic mass is 9.95. The molecule has 1 N–H and O–H groups in total. The Hall–Kier alpha value is -0.810. The molecule has 2 nitrogen and oxygen atoms in total. The third-order valence-electron chi connectivity index (χ3n) is 3.04. The first-order chi connectivity index (χ1) is 8.04. The molecule has 0 aromatic heterocycles. The molecule has 17 heavy (non-hydrogen) atoms. The highest BCUT2D eigenvalue weighted by Crippen LogP contribution is 2.35. The summed E-state index contributed by atoms with van der Waals surface area (Å²) in [5.41, 5.74) is 0.628. The van der Waals surface area contributed by atoms with Crippen molar-refractivity contribution in [2.45, 2.75) is 24.8 Å². The van der Waals surface area contributed by atoms with Crippen molar-refractivity contribution in [3.8, 4) is 0 Å². The van der Waals surface area contributed by atoms with Crippen molar-refractivity contribution in [2.24, 2.45) is 5.92 Å². The molecule has 1 aromatic carbocycles. The molecule has 0 saturated heterocycles. The Bertz CT molecular complexity index is 464. The topological polar surface area (TPSA) is 29.1 Å². The quantitative estimate of drug-likeness (QED) is 0.883. The lowest BCUT2D eigenvalue weighted by Crippen LogP contribution is -2.34. The maximum absolute atomic E-state index is 13.3. The molecule has 0 amide bonds. The molecule has 0 radical (unpaired) electrons. The van der Waals surface area contributed by atoms with Gasteiger partial charge >= 0.3 is 0 Å². The first kappa shape index (κ1) is 12.6. The van der Waals surface area contributed by atoms with Gasteiger partial charge in [0.15, 0.2) is 11.6 Å². The fourth-order valence-corrected chi connectivity index (χ4v) is 3.78. The molecule has 2 rings (SSSR count). The van der Waals surface area contributed by atoms with E-state index in [4.69, 9.17) is 0 Å². The molecular weight excluding hydrogens is 244 g/mol. The number of hydrogen-bond acceptors (Lipinski definition) is 2. The van der Waals surface area contributed by atoms with Crippen LogP contribution in [-0.4, -0.2) is 16.5 Å². The fraction of sp³-hybridized carbons (Fsp3) is 0.500. The molecule has 0 aliphatic carbocycles. The van der Waals surface area contributed by atoms with Crippen molar-refractivity contribution in [3.05, 3.63) is 29.3 Å². The molecule has 1 aromatic rings. The van der Waals surface area contributed by atoms with Gasteiger partial charge in [0, 0.05) is 16.7 Å². The van der Waals surface area contributed by atoms with Crippen LogP contribution in [-0.2, 0) is 10.8 Å². The molecule has 3 atom stereocenters. The Kier molecular flexibility index (Phi) is 3.58. The molecule has 1 heterocycles. The minimum absolute atomic E-state index is 0.0530. The molecular formula is C12H15F2NOS. The number of nitrogens with one attached hydrogen (secondary N) is 1. The summed E-state index contributed by atoms with van der Waals surface area (Å²) in [7, 11) is -1.23. The van der Waals surface area contributed by atoms with Crippen LogP contribution in [0.5, 0.6) is 0 Å². The van der Waals surface area contributed by atoms with Crippen molar-refractivity contribution in [3.63, 3.8) is 0 Å². The normalized spacial score (nSPS) is 27.9. The second-order valence-corrected chi connectivity index (χ2v) is 5.79. The summed E-state index contributed by atoms with van der Waals surface area (Å²) in [6, 6.07) is 2.19. The van der Waals surface area contributed by atoms with Crippen LogP contribution in [0.25, 0.3) is 0 Å². The predicted molar refractivity (Wildman–Crippen MR) is 63.2 cm³/mol. The van der Waals surface area contributed by atoms with Crippen molar-refractivity contribution >= 4 is 10.8 Å². The summed E-state index contributed by atoms with van der Waals surface area (Å²) in [6.45, 7) is 4.66. The fourth-order valence-electron chi connectivity index (χ4n) is 2.25. The average molecular weight is 259 g/mol. The van der Waals surface area contributed by atoms with Gasteiger partial charge in [0.2, 0.25) is 0 Å². The first-order valence-corrected chi connectivity index (χ1v) is 6.97. The van der Waals surface area contributed by atoms with Crippen LogP contribution in [0, 0.1) is 17.6 Å². The van der Waals surface area contributed by atoms with Crippen molar-refractivity contribution in [1.82, 2.24) is 5.32 Å². The maximum Gasteiger partial charge on any atom is 0.160 e. The van der Waals surface area contributed by atoms with E-state index in [9.17, 15) is 13.0 Å². The third-order valence-corrected chi connectivity index (χ3v) is 4.71. The SMILES string of the molecule is CCNC1c2cc(F)c(F)cc2S(=O)CC1C. The van der Waals surface area contributed by atoms with Crippen LogP contribution in [0.4, 0.5) is 8.78 Å². The largest absolute Gasteiger partial charge is 0.310 e. The lowest BCUT2D eigenvalue weighted by molar-refractivity contribution is 0.404. The van der Waals surface area contributed by atoms with Crippen molar-refractivity contribution in [2.75, 3.05) is 12.3 Å². The van der Waals surface area contributed by atoms with Gasteiger partial charge < -0.3 is 5.32 Å². The highest BCUT2D eigenvalue weighted by molar-refractivity contribution is 7.85. The van der Waals surface area contributed by atoms with Gasteiger partial charge in [0.05, 0.1) is 10.8 Å². The zero-order chi connectivity index (χ0) is 12.6. The molecule has 0 bridgehead atoms. The lowest BCUT2D eigenvalue weighted by Gasteiger charge is -2.31. The number of hydrogen-bond donors (Lipinski definition) is 1. The molecule has 94 valence electrons. The molecule has 0 spiro atoms. The Morgan fingerprint density at radius 3 is 2.71 bits per heavy atom. The first-order valence-electron chi connectivity index (χ1n) is 5.65. The minimum Gasteiger partial charge on any atom is -0.310 e. The van der Waals surface area contributed by atoms with Crippen LogP contribution in [0.15, 0.2) is 17.0 Å². The predicted octanol–water partition coefficient (Wildman–Crippen LogP) is 2.37. The molecule has 1 aliphatic rings. The van der Waals surface area contributed by atoms with Gasteiger partial charge in [-0.3, -0.25) is 4.21 Å². The number of halogens is 2. The zero-order valence-electron chi connectivity index (χ0n) is 9.80. The molecule has 0 saturated carbocycles. The van der Waals surface area contributed by atoms with Crippen LogP contribution < -0.4 is 5.32 Å². The van der Waals surface area contributed by atoms with Crippen LogP contribution in [0.1, 0.15) is 25.5 Å². The van der Waals surface area contributed by atoms with E-state index in [1.165, 1.54) is 6.07 Å². The Balaban J connectivity index is 2.53. The highest BCUT2D eigenvalue weighted by atomic mass is 32.2. The molecule has 1 aliphatic heterocycles. The molecule has 5 heteroatoms. The van der Waals surface area contributed by atoms with Crippen LogP contribution in [0.3, 0.4) is 0 Å². The molecule has 3 unspecified atom stereocenters. The monoisotopic (exact) mass is 259 g/mol. The summed E-state index contributed by atoms with van der Waals surface area (Å²) < 4.78 is 38.3. The number of fused-ring (bicyclic) bond motifs is 1. The Labute approximate surface area is 102 Å². The number of benzene rings is 1. The zero-order valence-corrected chi connectivity index (χ0v) is 10.6. The second kappa shape index (κ2) is 4.82. The standard InChI is InChI=1S/C12H15F2NOS/c1-3-15-12-7(2)6-17(16)11-5-10(14)9(13)4-8(11)12/h4-5,7,12,15H,3,6H2,1-2H3. The van der Waals surface area contributed by atoms with E-state index in [1.807, 2.05) is 13.8 Å². The van der Waals surface area contributed by atoms with Gasteiger partial charge in [-0.05, 0) is 30.2 Å². The van der Waals surface area contributed by atoms with E-state index in [1.54, 1.807) is 0 Å². The van der Waals surface area contributed by atoms with E-state index >= 15 is 0 Å². The van der Waals surface area contributed by atoms with Gasteiger partial charge in [0.25, 0.3) is 0 Å². The third kappa shape index (κ3) is 2.26. The van der Waals surface area contributed by atoms with Gasteiger partial charge in [-0.15, -0.1) is 0 Å². The van der Waals surface area contributed by atoms with Crippen LogP contribution in [0.2, 0.25) is 0 Å². The summed E-state index contributed by atoms with van der Waals surface area (Å²) in [5.74, 6) is -1.18. The van der Waals surface area contributed by atoms with E-state index < -0.39 is 22.4 Å². The average Bonchev–Trinajstić information content (AvgIpc) is 2.27.